The minimum absolute atomic E-state index is 0.0447. The zero-order valence-electron chi connectivity index (χ0n) is 14.5. The Hall–Kier alpha value is -2.73. The minimum Gasteiger partial charge on any atom is -0.508 e. The Labute approximate surface area is 156 Å². The van der Waals surface area contributed by atoms with Gasteiger partial charge in [-0.15, -0.1) is 0 Å². The third-order valence-electron chi connectivity index (χ3n) is 3.58. The summed E-state index contributed by atoms with van der Waals surface area (Å²) in [6.45, 7) is 3.75. The summed E-state index contributed by atoms with van der Waals surface area (Å²) in [6, 6.07) is 10.1. The first kappa shape index (κ1) is 19.6. The van der Waals surface area contributed by atoms with E-state index in [1.165, 1.54) is 18.2 Å². The van der Waals surface area contributed by atoms with Crippen molar-refractivity contribution >= 4 is 23.4 Å². The van der Waals surface area contributed by atoms with Crippen LogP contribution >= 0.6 is 11.6 Å². The van der Waals surface area contributed by atoms with Gasteiger partial charge >= 0.3 is 0 Å². The van der Waals surface area contributed by atoms with Gasteiger partial charge in [-0.3, -0.25) is 9.59 Å². The maximum Gasteiger partial charge on any atom is 0.251 e. The fourth-order valence-electron chi connectivity index (χ4n) is 2.32. The lowest BCUT2D eigenvalue weighted by Gasteiger charge is -2.16. The van der Waals surface area contributed by atoms with E-state index in [2.05, 4.69) is 5.32 Å². The quantitative estimate of drug-likeness (QED) is 0.691. The number of ether oxygens (including phenoxy) is 1. The van der Waals surface area contributed by atoms with Crippen LogP contribution in [0, 0.1) is 0 Å². The van der Waals surface area contributed by atoms with Crippen LogP contribution in [-0.4, -0.2) is 29.1 Å². The largest absolute Gasteiger partial charge is 0.508 e. The summed E-state index contributed by atoms with van der Waals surface area (Å²) in [7, 11) is 0. The second-order valence-corrected chi connectivity index (χ2v) is 6.52. The van der Waals surface area contributed by atoms with Crippen molar-refractivity contribution in [1.29, 1.82) is 0 Å². The van der Waals surface area contributed by atoms with Gasteiger partial charge in [0.15, 0.2) is 0 Å². The van der Waals surface area contributed by atoms with Crippen LogP contribution in [0.1, 0.15) is 29.8 Å². The molecule has 0 aliphatic carbocycles. The van der Waals surface area contributed by atoms with E-state index in [0.29, 0.717) is 16.3 Å². The van der Waals surface area contributed by atoms with Crippen molar-refractivity contribution in [3.8, 4) is 11.5 Å². The number of nitrogens with two attached hydrogens (primary N) is 1. The van der Waals surface area contributed by atoms with Crippen molar-refractivity contribution in [1.82, 2.24) is 5.32 Å². The van der Waals surface area contributed by atoms with E-state index < -0.39 is 17.9 Å². The third kappa shape index (κ3) is 5.39. The number of nitrogens with one attached hydrogen (secondary N) is 1. The topological polar surface area (TPSA) is 102 Å². The van der Waals surface area contributed by atoms with Gasteiger partial charge in [-0.05, 0) is 49.7 Å². The Morgan fingerprint density at radius 3 is 2.38 bits per heavy atom. The Morgan fingerprint density at radius 2 is 1.85 bits per heavy atom. The maximum absolute atomic E-state index is 12.4. The van der Waals surface area contributed by atoms with E-state index in [1.54, 1.807) is 24.3 Å². The van der Waals surface area contributed by atoms with Crippen LogP contribution < -0.4 is 15.8 Å². The Kier molecular flexibility index (Phi) is 6.46. The van der Waals surface area contributed by atoms with Gasteiger partial charge in [0.1, 0.15) is 17.5 Å². The van der Waals surface area contributed by atoms with Gasteiger partial charge in [-0.25, -0.2) is 0 Å². The second kappa shape index (κ2) is 8.58. The van der Waals surface area contributed by atoms with Gasteiger partial charge in [-0.2, -0.15) is 0 Å². The Balaban J connectivity index is 2.10. The molecule has 0 saturated carbocycles. The van der Waals surface area contributed by atoms with Crippen molar-refractivity contribution < 1.29 is 19.4 Å². The molecule has 0 radical (unpaired) electrons. The molecule has 2 amide bonds. The molecule has 26 heavy (non-hydrogen) atoms. The van der Waals surface area contributed by atoms with Crippen LogP contribution in [0.3, 0.4) is 0 Å². The summed E-state index contributed by atoms with van der Waals surface area (Å²) in [5, 5.41) is 12.2. The van der Waals surface area contributed by atoms with Crippen molar-refractivity contribution in [3.05, 3.63) is 58.6 Å². The smallest absolute Gasteiger partial charge is 0.251 e. The van der Waals surface area contributed by atoms with Crippen LogP contribution in [0.25, 0.3) is 0 Å². The monoisotopic (exact) mass is 376 g/mol. The Bertz CT molecular complexity index is 791. The highest BCUT2D eigenvalue weighted by Crippen LogP contribution is 2.26. The van der Waals surface area contributed by atoms with Gasteiger partial charge in [0.2, 0.25) is 5.91 Å². The van der Waals surface area contributed by atoms with E-state index in [1.807, 2.05) is 13.8 Å². The molecule has 0 aromatic heterocycles. The molecule has 0 unspecified atom stereocenters. The molecule has 2 aromatic rings. The number of aromatic hydroxyl groups is 1. The first-order chi connectivity index (χ1) is 12.3. The molecule has 7 heteroatoms. The summed E-state index contributed by atoms with van der Waals surface area (Å²) < 4.78 is 5.53. The van der Waals surface area contributed by atoms with E-state index in [-0.39, 0.29) is 18.3 Å². The standard InChI is InChI=1S/C19H21ClN2O4/c1-11(2)26-17-8-5-13(10-15(17)20)19(25)22-16(18(21)24)9-12-3-6-14(23)7-4-12/h3-8,10-11,16,23H,9H2,1-2H3,(H2,21,24)(H,22,25)/t16-/m0/s1. The highest BCUT2D eigenvalue weighted by atomic mass is 35.5. The normalized spacial score (nSPS) is 11.8. The van der Waals surface area contributed by atoms with E-state index in [9.17, 15) is 14.7 Å². The number of rotatable bonds is 7. The number of benzene rings is 2. The number of primary amides is 1. The number of phenols is 1. The van der Waals surface area contributed by atoms with Crippen molar-refractivity contribution in [2.45, 2.75) is 32.4 Å². The molecule has 0 fully saturated rings. The highest BCUT2D eigenvalue weighted by molar-refractivity contribution is 6.32. The minimum atomic E-state index is -0.891. The lowest BCUT2D eigenvalue weighted by atomic mass is 10.0. The molecule has 1 atom stereocenters. The predicted molar refractivity (Wildman–Crippen MR) is 99.5 cm³/mol. The van der Waals surface area contributed by atoms with Crippen LogP contribution in [0.15, 0.2) is 42.5 Å². The number of amides is 2. The molecule has 138 valence electrons. The second-order valence-electron chi connectivity index (χ2n) is 6.11. The summed E-state index contributed by atoms with van der Waals surface area (Å²) in [5.41, 5.74) is 6.45. The van der Waals surface area contributed by atoms with Crippen LogP contribution in [0.4, 0.5) is 0 Å². The summed E-state index contributed by atoms with van der Waals surface area (Å²) in [5.74, 6) is -0.525. The average Bonchev–Trinajstić information content (AvgIpc) is 2.57. The molecule has 4 N–H and O–H groups in total. The summed E-state index contributed by atoms with van der Waals surface area (Å²) in [6.07, 6.45) is 0.167. The lowest BCUT2D eigenvalue weighted by Crippen LogP contribution is -2.45. The van der Waals surface area contributed by atoms with Crippen LogP contribution in [-0.2, 0) is 11.2 Å². The number of hydrogen-bond donors (Lipinski definition) is 3. The fraction of sp³-hybridized carbons (Fsp3) is 0.263. The summed E-state index contributed by atoms with van der Waals surface area (Å²) in [4.78, 5) is 24.1. The zero-order valence-corrected chi connectivity index (χ0v) is 15.3. The molecule has 2 aromatic carbocycles. The Morgan fingerprint density at radius 1 is 1.19 bits per heavy atom. The first-order valence-corrected chi connectivity index (χ1v) is 8.48. The fourth-order valence-corrected chi connectivity index (χ4v) is 2.55. The van der Waals surface area contributed by atoms with Crippen molar-refractivity contribution in [2.75, 3.05) is 0 Å². The lowest BCUT2D eigenvalue weighted by molar-refractivity contribution is -0.119. The van der Waals surface area contributed by atoms with E-state index in [0.717, 1.165) is 5.56 Å². The number of halogens is 1. The summed E-state index contributed by atoms with van der Waals surface area (Å²) >= 11 is 6.14. The molecule has 0 bridgehead atoms. The van der Waals surface area contributed by atoms with Gasteiger partial charge in [0, 0.05) is 12.0 Å². The van der Waals surface area contributed by atoms with E-state index in [4.69, 9.17) is 22.1 Å². The van der Waals surface area contributed by atoms with Gasteiger partial charge in [0.05, 0.1) is 11.1 Å². The molecule has 0 aliphatic rings. The molecule has 0 heterocycles. The van der Waals surface area contributed by atoms with Crippen LogP contribution in [0.2, 0.25) is 5.02 Å². The maximum atomic E-state index is 12.4. The number of carbonyl (C=O) groups is 2. The highest BCUT2D eigenvalue weighted by Gasteiger charge is 2.20. The number of carbonyl (C=O) groups excluding carboxylic acids is 2. The molecule has 6 nitrogen and oxygen atoms in total. The van der Waals surface area contributed by atoms with Gasteiger partial charge < -0.3 is 20.9 Å². The predicted octanol–water partition coefficient (Wildman–Crippen LogP) is 2.66. The molecule has 0 saturated heterocycles. The third-order valence-corrected chi connectivity index (χ3v) is 3.88. The SMILES string of the molecule is CC(C)Oc1ccc(C(=O)N[C@@H](Cc2ccc(O)cc2)C(N)=O)cc1Cl. The van der Waals surface area contributed by atoms with Crippen molar-refractivity contribution in [3.63, 3.8) is 0 Å². The molecule has 0 aliphatic heterocycles. The van der Waals surface area contributed by atoms with Crippen LogP contribution in [0.5, 0.6) is 11.5 Å². The van der Waals surface area contributed by atoms with Gasteiger partial charge in [0.25, 0.3) is 5.91 Å². The van der Waals surface area contributed by atoms with Gasteiger partial charge in [-0.1, -0.05) is 23.7 Å². The zero-order chi connectivity index (χ0) is 19.3. The molecule has 0 spiro atoms. The van der Waals surface area contributed by atoms with Crippen molar-refractivity contribution in [2.24, 2.45) is 5.73 Å². The molecular weight excluding hydrogens is 356 g/mol. The average molecular weight is 377 g/mol. The number of hydrogen-bond acceptors (Lipinski definition) is 4. The van der Waals surface area contributed by atoms with E-state index >= 15 is 0 Å². The molecular formula is C19H21ClN2O4. The first-order valence-electron chi connectivity index (χ1n) is 8.10. The molecule has 2 rings (SSSR count). The number of phenolic OH excluding ortho intramolecular Hbond substituents is 1.